The molecule has 0 N–H and O–H groups in total. The summed E-state index contributed by atoms with van der Waals surface area (Å²) in [6.45, 7) is 5.51. The number of ether oxygens (including phenoxy) is 1. The molecule has 7 nitrogen and oxygen atoms in total. The molecule has 4 heterocycles. The average Bonchev–Trinajstić information content (AvgIpc) is 2.90. The second-order valence-electron chi connectivity index (χ2n) is 6.64. The zero-order valence-corrected chi connectivity index (χ0v) is 14.1. The number of nitrogens with zero attached hydrogens (tertiary/aromatic N) is 6. The molecule has 2 aliphatic rings. The van der Waals surface area contributed by atoms with Crippen LogP contribution in [0.15, 0.2) is 30.9 Å². The molecule has 2 fully saturated rings. The van der Waals surface area contributed by atoms with Crippen molar-refractivity contribution in [2.45, 2.75) is 19.1 Å². The highest BCUT2D eigenvalue weighted by atomic mass is 16.5. The van der Waals surface area contributed by atoms with Crippen LogP contribution in [0.5, 0.6) is 0 Å². The van der Waals surface area contributed by atoms with Crippen LogP contribution in [0.1, 0.15) is 12.2 Å². The monoisotopic (exact) mass is 328 g/mol. The summed E-state index contributed by atoms with van der Waals surface area (Å²) in [5.41, 5.74) is 0. The van der Waals surface area contributed by atoms with Crippen LogP contribution in [0.25, 0.3) is 0 Å². The predicted molar refractivity (Wildman–Crippen MR) is 90.6 cm³/mol. The highest BCUT2D eigenvalue weighted by Crippen LogP contribution is 2.26. The summed E-state index contributed by atoms with van der Waals surface area (Å²) in [7, 11) is 2.05. The van der Waals surface area contributed by atoms with E-state index in [1.54, 1.807) is 12.4 Å². The minimum absolute atomic E-state index is 0.285. The van der Waals surface area contributed by atoms with Gasteiger partial charge in [-0.2, -0.15) is 0 Å². The molecule has 0 radical (unpaired) electrons. The fourth-order valence-electron chi connectivity index (χ4n) is 3.64. The fraction of sp³-hybridized carbons (Fsp3) is 0.588. The topological polar surface area (TPSA) is 59.3 Å². The number of likely N-dealkylation sites (tertiary alicyclic amines) is 1. The van der Waals surface area contributed by atoms with E-state index in [0.717, 1.165) is 57.5 Å². The van der Waals surface area contributed by atoms with Crippen molar-refractivity contribution in [1.29, 1.82) is 0 Å². The van der Waals surface area contributed by atoms with Crippen LogP contribution in [-0.2, 0) is 18.3 Å². The molecule has 0 bridgehead atoms. The van der Waals surface area contributed by atoms with Gasteiger partial charge in [-0.1, -0.05) is 0 Å². The van der Waals surface area contributed by atoms with Gasteiger partial charge in [0, 0.05) is 57.4 Å². The summed E-state index contributed by atoms with van der Waals surface area (Å²) in [5.74, 6) is 2.47. The Morgan fingerprint density at radius 1 is 1.12 bits per heavy atom. The molecule has 0 spiro atoms. The Kier molecular flexibility index (Phi) is 4.44. The van der Waals surface area contributed by atoms with Gasteiger partial charge in [-0.3, -0.25) is 4.90 Å². The first-order valence-electron chi connectivity index (χ1n) is 8.62. The van der Waals surface area contributed by atoms with Crippen LogP contribution < -0.4 is 4.90 Å². The lowest BCUT2D eigenvalue weighted by Crippen LogP contribution is -2.46. The van der Waals surface area contributed by atoms with Crippen LogP contribution in [0, 0.1) is 5.92 Å². The van der Waals surface area contributed by atoms with E-state index in [4.69, 9.17) is 4.74 Å². The van der Waals surface area contributed by atoms with E-state index < -0.39 is 0 Å². The smallest absolute Gasteiger partial charge is 0.225 e. The second-order valence-corrected chi connectivity index (χ2v) is 6.64. The summed E-state index contributed by atoms with van der Waals surface area (Å²) in [6, 6.07) is 1.86. The van der Waals surface area contributed by atoms with Crippen LogP contribution in [0.2, 0.25) is 0 Å². The summed E-state index contributed by atoms with van der Waals surface area (Å²) in [6.07, 6.45) is 8.90. The first kappa shape index (κ1) is 15.5. The lowest BCUT2D eigenvalue weighted by atomic mass is 9.93. The zero-order valence-electron chi connectivity index (χ0n) is 14.1. The van der Waals surface area contributed by atoms with Gasteiger partial charge in [0.25, 0.3) is 0 Å². The lowest BCUT2D eigenvalue weighted by molar-refractivity contribution is -0.0246. The summed E-state index contributed by atoms with van der Waals surface area (Å²) in [5, 5.41) is 0. The van der Waals surface area contributed by atoms with Crippen molar-refractivity contribution in [3.05, 3.63) is 36.7 Å². The summed E-state index contributed by atoms with van der Waals surface area (Å²) < 4.78 is 8.26. The quantitative estimate of drug-likeness (QED) is 0.836. The minimum atomic E-state index is 0.285. The molecule has 2 aliphatic heterocycles. The van der Waals surface area contributed by atoms with Crippen molar-refractivity contribution >= 4 is 5.95 Å². The maximum Gasteiger partial charge on any atom is 0.225 e. The van der Waals surface area contributed by atoms with Gasteiger partial charge < -0.3 is 14.2 Å². The van der Waals surface area contributed by atoms with Crippen LogP contribution >= 0.6 is 0 Å². The van der Waals surface area contributed by atoms with Crippen molar-refractivity contribution in [3.8, 4) is 0 Å². The van der Waals surface area contributed by atoms with Crippen molar-refractivity contribution in [2.24, 2.45) is 13.0 Å². The number of hydrogen-bond donors (Lipinski definition) is 0. The van der Waals surface area contributed by atoms with Gasteiger partial charge in [0.2, 0.25) is 5.95 Å². The Hall–Kier alpha value is -1.99. The molecule has 2 aromatic heterocycles. The van der Waals surface area contributed by atoms with Crippen LogP contribution in [-0.4, -0.2) is 63.3 Å². The van der Waals surface area contributed by atoms with Gasteiger partial charge in [0.05, 0.1) is 19.3 Å². The Balaban J connectivity index is 1.40. The van der Waals surface area contributed by atoms with E-state index in [1.807, 2.05) is 18.5 Å². The van der Waals surface area contributed by atoms with Crippen molar-refractivity contribution in [1.82, 2.24) is 24.4 Å². The highest BCUT2D eigenvalue weighted by Gasteiger charge is 2.34. The summed E-state index contributed by atoms with van der Waals surface area (Å²) >= 11 is 0. The molecular formula is C17H24N6O. The largest absolute Gasteiger partial charge is 0.375 e. The van der Waals surface area contributed by atoms with Crippen molar-refractivity contribution in [3.63, 3.8) is 0 Å². The first-order chi connectivity index (χ1) is 11.8. The third-order valence-electron chi connectivity index (χ3n) is 5.05. The fourth-order valence-corrected chi connectivity index (χ4v) is 3.64. The highest BCUT2D eigenvalue weighted by molar-refractivity contribution is 5.29. The Labute approximate surface area is 142 Å². The Morgan fingerprint density at radius 3 is 2.79 bits per heavy atom. The maximum atomic E-state index is 6.17. The van der Waals surface area contributed by atoms with Crippen LogP contribution in [0.3, 0.4) is 0 Å². The number of rotatable bonds is 3. The zero-order chi connectivity index (χ0) is 16.4. The van der Waals surface area contributed by atoms with Gasteiger partial charge in [0.1, 0.15) is 5.82 Å². The van der Waals surface area contributed by atoms with Gasteiger partial charge >= 0.3 is 0 Å². The molecule has 24 heavy (non-hydrogen) atoms. The third-order valence-corrected chi connectivity index (χ3v) is 5.05. The molecular weight excluding hydrogens is 304 g/mol. The van der Waals surface area contributed by atoms with Gasteiger partial charge in [-0.15, -0.1) is 0 Å². The normalized spacial score (nSPS) is 25.3. The molecule has 2 atom stereocenters. The molecule has 4 rings (SSSR count). The number of hydrogen-bond acceptors (Lipinski definition) is 6. The average molecular weight is 328 g/mol. The Morgan fingerprint density at radius 2 is 2.00 bits per heavy atom. The Bertz CT molecular complexity index is 660. The van der Waals surface area contributed by atoms with Crippen molar-refractivity contribution < 1.29 is 4.74 Å². The maximum absolute atomic E-state index is 6.17. The molecule has 0 aliphatic carbocycles. The SMILES string of the molecule is Cn1ccnc1CN1CC[C@H]2CN(c3ncccn3)CCO[C@@H]2C1. The second kappa shape index (κ2) is 6.86. The minimum Gasteiger partial charge on any atom is -0.375 e. The van der Waals surface area contributed by atoms with Gasteiger partial charge in [0.15, 0.2) is 0 Å². The molecule has 0 saturated carbocycles. The molecule has 0 unspecified atom stereocenters. The van der Waals surface area contributed by atoms with E-state index in [2.05, 4.69) is 36.4 Å². The number of fused-ring (bicyclic) bond motifs is 1. The first-order valence-corrected chi connectivity index (χ1v) is 8.62. The number of anilines is 1. The third kappa shape index (κ3) is 3.27. The number of piperidine rings is 1. The van der Waals surface area contributed by atoms with Gasteiger partial charge in [-0.05, 0) is 19.0 Å². The van der Waals surface area contributed by atoms with Crippen molar-refractivity contribution in [2.75, 3.05) is 37.7 Å². The molecule has 128 valence electrons. The van der Waals surface area contributed by atoms with E-state index in [9.17, 15) is 0 Å². The number of imidazole rings is 1. The lowest BCUT2D eigenvalue weighted by Gasteiger charge is -2.37. The molecule has 0 aromatic carbocycles. The van der Waals surface area contributed by atoms with E-state index in [1.165, 1.54) is 0 Å². The van der Waals surface area contributed by atoms with E-state index in [0.29, 0.717) is 5.92 Å². The molecule has 2 saturated heterocycles. The predicted octanol–water partition coefficient (Wildman–Crippen LogP) is 0.937. The van der Waals surface area contributed by atoms with Gasteiger partial charge in [-0.25, -0.2) is 15.0 Å². The summed E-state index contributed by atoms with van der Waals surface area (Å²) in [4.78, 5) is 17.9. The standard InChI is InChI=1S/C17H24N6O/c1-21-8-6-18-16(21)13-22-7-3-14-11-23(9-10-24-15(14)12-22)17-19-4-2-5-20-17/h2,4-6,8,14-15H,3,7,9-13H2,1H3/t14-,15+/m0/s1. The van der Waals surface area contributed by atoms with Crippen LogP contribution in [0.4, 0.5) is 5.95 Å². The molecule has 2 aromatic rings. The number of aromatic nitrogens is 4. The number of aryl methyl sites for hydroxylation is 1. The van der Waals surface area contributed by atoms with E-state index in [-0.39, 0.29) is 6.10 Å². The molecule has 7 heteroatoms. The molecule has 0 amide bonds. The van der Waals surface area contributed by atoms with E-state index >= 15 is 0 Å².